The van der Waals surface area contributed by atoms with Gasteiger partial charge in [-0.15, -0.1) is 11.3 Å². The van der Waals surface area contributed by atoms with Crippen LogP contribution < -0.4 is 5.32 Å². The molecule has 0 fully saturated rings. The lowest BCUT2D eigenvalue weighted by molar-refractivity contribution is 0.0469. The number of hydrogen-bond acceptors (Lipinski definition) is 7. The minimum Gasteiger partial charge on any atom is -0.455 e. The number of para-hydroxylation sites is 1. The van der Waals surface area contributed by atoms with Crippen LogP contribution >= 0.6 is 11.3 Å². The van der Waals surface area contributed by atoms with E-state index in [-0.39, 0.29) is 6.61 Å². The van der Waals surface area contributed by atoms with E-state index < -0.39 is 5.97 Å². The van der Waals surface area contributed by atoms with Gasteiger partial charge in [0.15, 0.2) is 10.8 Å². The Morgan fingerprint density at radius 3 is 2.96 bits per heavy atom. The molecule has 7 nitrogen and oxygen atoms in total. The molecule has 1 N–H and O–H groups in total. The van der Waals surface area contributed by atoms with Gasteiger partial charge in [0.05, 0.1) is 11.4 Å². The number of hydrogen-bond donors (Lipinski definition) is 1. The number of nitrogens with zero attached hydrogens (tertiary/aromatic N) is 4. The van der Waals surface area contributed by atoms with Gasteiger partial charge >= 0.3 is 5.97 Å². The fraction of sp³-hybridized carbons (Fsp3) is 0.111. The fourth-order valence-electron chi connectivity index (χ4n) is 2.52. The summed E-state index contributed by atoms with van der Waals surface area (Å²) in [7, 11) is 0. The van der Waals surface area contributed by atoms with Crippen molar-refractivity contribution < 1.29 is 9.53 Å². The number of aromatic nitrogens is 4. The van der Waals surface area contributed by atoms with Gasteiger partial charge < -0.3 is 10.1 Å². The van der Waals surface area contributed by atoms with Crippen molar-refractivity contribution in [3.63, 3.8) is 0 Å². The number of benzene rings is 1. The molecule has 8 heteroatoms. The van der Waals surface area contributed by atoms with Crippen LogP contribution in [0.15, 0.2) is 54.2 Å². The van der Waals surface area contributed by atoms with E-state index in [2.05, 4.69) is 20.4 Å². The van der Waals surface area contributed by atoms with Gasteiger partial charge in [-0.2, -0.15) is 5.10 Å². The minimum absolute atomic E-state index is 0.0927. The first kappa shape index (κ1) is 16.2. The van der Waals surface area contributed by atoms with Crippen molar-refractivity contribution in [2.45, 2.75) is 13.5 Å². The number of nitrogens with one attached hydrogen (secondary N) is 1. The van der Waals surface area contributed by atoms with Crippen molar-refractivity contribution in [1.29, 1.82) is 0 Å². The van der Waals surface area contributed by atoms with Gasteiger partial charge in [0.1, 0.15) is 12.2 Å². The number of thiazole rings is 1. The van der Waals surface area contributed by atoms with Crippen LogP contribution in [-0.4, -0.2) is 25.6 Å². The first-order valence-electron chi connectivity index (χ1n) is 7.94. The number of esters is 1. The summed E-state index contributed by atoms with van der Waals surface area (Å²) in [6.07, 6.45) is 3.36. The Morgan fingerprint density at radius 1 is 1.27 bits per heavy atom. The number of rotatable bonds is 5. The summed E-state index contributed by atoms with van der Waals surface area (Å²) in [5.74, 6) is -0.457. The maximum absolute atomic E-state index is 12.5. The van der Waals surface area contributed by atoms with Crippen LogP contribution in [0, 0.1) is 6.92 Å². The number of fused-ring (bicyclic) bond motifs is 1. The molecule has 0 atom stereocenters. The Morgan fingerprint density at radius 2 is 2.12 bits per heavy atom. The zero-order valence-corrected chi connectivity index (χ0v) is 14.7. The molecule has 3 aromatic heterocycles. The summed E-state index contributed by atoms with van der Waals surface area (Å²) in [5.41, 5.74) is 3.09. The highest BCUT2D eigenvalue weighted by Gasteiger charge is 2.19. The van der Waals surface area contributed by atoms with E-state index in [1.165, 1.54) is 11.3 Å². The smallest absolute Gasteiger partial charge is 0.344 e. The molecule has 0 unspecified atom stereocenters. The fourth-order valence-corrected chi connectivity index (χ4v) is 3.24. The second-order valence-electron chi connectivity index (χ2n) is 5.56. The van der Waals surface area contributed by atoms with E-state index in [4.69, 9.17) is 4.74 Å². The predicted molar refractivity (Wildman–Crippen MR) is 98.7 cm³/mol. The quantitative estimate of drug-likeness (QED) is 0.544. The summed E-state index contributed by atoms with van der Waals surface area (Å²) in [4.78, 5) is 21.1. The molecular formula is C18H15N5O2S. The third kappa shape index (κ3) is 3.27. The highest BCUT2D eigenvalue weighted by atomic mass is 32.1. The topological polar surface area (TPSA) is 81.4 Å². The molecule has 4 rings (SSSR count). The third-order valence-corrected chi connectivity index (χ3v) is 4.51. The van der Waals surface area contributed by atoms with Crippen LogP contribution in [0.25, 0.3) is 5.65 Å². The molecule has 0 aliphatic rings. The summed E-state index contributed by atoms with van der Waals surface area (Å²) in [6, 6.07) is 11.5. The van der Waals surface area contributed by atoms with E-state index in [0.717, 1.165) is 10.8 Å². The number of ether oxygens (including phenoxy) is 1. The highest BCUT2D eigenvalue weighted by Crippen LogP contribution is 2.21. The van der Waals surface area contributed by atoms with Crippen LogP contribution in [0.4, 0.5) is 10.8 Å². The number of carbonyl (C=O) groups excluding carboxylic acids is 1. The zero-order valence-electron chi connectivity index (χ0n) is 13.9. The highest BCUT2D eigenvalue weighted by molar-refractivity contribution is 7.13. The van der Waals surface area contributed by atoms with E-state index in [0.29, 0.717) is 22.6 Å². The molecule has 26 heavy (non-hydrogen) atoms. The lowest BCUT2D eigenvalue weighted by Crippen LogP contribution is -2.07. The molecule has 0 spiro atoms. The Balaban J connectivity index is 1.44. The SMILES string of the molecule is Cc1nn2cccnc2c1C(=O)OCc1csc(Nc2ccccc2)n1. The lowest BCUT2D eigenvalue weighted by atomic mass is 10.2. The van der Waals surface area contributed by atoms with E-state index >= 15 is 0 Å². The average Bonchev–Trinajstić information content (AvgIpc) is 3.23. The molecule has 130 valence electrons. The van der Waals surface area contributed by atoms with Crippen molar-refractivity contribution in [2.24, 2.45) is 0 Å². The summed E-state index contributed by atoms with van der Waals surface area (Å²) >= 11 is 1.46. The summed E-state index contributed by atoms with van der Waals surface area (Å²) in [5, 5.41) is 10.1. The Labute approximate surface area is 153 Å². The van der Waals surface area contributed by atoms with Gasteiger partial charge in [0.2, 0.25) is 0 Å². The van der Waals surface area contributed by atoms with Crippen LogP contribution in [0.5, 0.6) is 0 Å². The predicted octanol–water partition coefficient (Wildman–Crippen LogP) is 3.59. The molecule has 0 saturated carbocycles. The average molecular weight is 365 g/mol. The van der Waals surface area contributed by atoms with Gasteiger partial charge in [-0.05, 0) is 25.1 Å². The van der Waals surface area contributed by atoms with Gasteiger partial charge in [-0.3, -0.25) is 0 Å². The molecule has 0 saturated heterocycles. The van der Waals surface area contributed by atoms with E-state index in [1.54, 1.807) is 29.9 Å². The molecule has 0 radical (unpaired) electrons. The van der Waals surface area contributed by atoms with Gasteiger partial charge in [0.25, 0.3) is 0 Å². The maximum Gasteiger partial charge on any atom is 0.344 e. The zero-order chi connectivity index (χ0) is 17.9. The molecule has 1 aromatic carbocycles. The molecule has 0 bridgehead atoms. The Bertz CT molecular complexity index is 1060. The summed E-state index contributed by atoms with van der Waals surface area (Å²) in [6.45, 7) is 1.85. The number of aryl methyl sites for hydroxylation is 1. The maximum atomic E-state index is 12.5. The molecule has 3 heterocycles. The third-order valence-electron chi connectivity index (χ3n) is 3.70. The molecule has 0 amide bonds. The Hall–Kier alpha value is -3.26. The van der Waals surface area contributed by atoms with Crippen molar-refractivity contribution in [3.05, 3.63) is 71.1 Å². The summed E-state index contributed by atoms with van der Waals surface area (Å²) < 4.78 is 6.98. The van der Waals surface area contributed by atoms with Crippen LogP contribution in [0.3, 0.4) is 0 Å². The van der Waals surface area contributed by atoms with E-state index in [1.807, 2.05) is 35.7 Å². The van der Waals surface area contributed by atoms with Crippen LogP contribution in [0.1, 0.15) is 21.7 Å². The lowest BCUT2D eigenvalue weighted by Gasteiger charge is -2.03. The first-order chi connectivity index (χ1) is 12.7. The van der Waals surface area contributed by atoms with Crippen LogP contribution in [0.2, 0.25) is 0 Å². The molecular weight excluding hydrogens is 350 g/mol. The van der Waals surface area contributed by atoms with Crippen molar-refractivity contribution in [1.82, 2.24) is 19.6 Å². The van der Waals surface area contributed by atoms with Crippen molar-refractivity contribution in [2.75, 3.05) is 5.32 Å². The number of carbonyl (C=O) groups is 1. The van der Waals surface area contributed by atoms with Gasteiger partial charge in [-0.25, -0.2) is 19.3 Å². The van der Waals surface area contributed by atoms with Crippen LogP contribution in [-0.2, 0) is 11.3 Å². The number of anilines is 2. The van der Waals surface area contributed by atoms with E-state index in [9.17, 15) is 4.79 Å². The second kappa shape index (κ2) is 6.93. The normalized spacial score (nSPS) is 10.8. The molecule has 0 aliphatic carbocycles. The van der Waals surface area contributed by atoms with Crippen molar-refractivity contribution >= 4 is 33.8 Å². The second-order valence-corrected chi connectivity index (χ2v) is 6.42. The largest absolute Gasteiger partial charge is 0.455 e. The standard InChI is InChI=1S/C18H15N5O2S/c1-12-15(16-19-8-5-9-23(16)22-12)17(24)25-10-14-11-26-18(21-14)20-13-6-3-2-4-7-13/h2-9,11H,10H2,1H3,(H,20,21). The Kier molecular flexibility index (Phi) is 4.32. The molecule has 0 aliphatic heterocycles. The monoisotopic (exact) mass is 365 g/mol. The van der Waals surface area contributed by atoms with Gasteiger partial charge in [0, 0.05) is 23.5 Å². The van der Waals surface area contributed by atoms with Gasteiger partial charge in [-0.1, -0.05) is 18.2 Å². The van der Waals surface area contributed by atoms with Crippen molar-refractivity contribution in [3.8, 4) is 0 Å². The first-order valence-corrected chi connectivity index (χ1v) is 8.82. The minimum atomic E-state index is -0.457. The molecule has 4 aromatic rings.